The molecule has 0 spiro atoms. The summed E-state index contributed by atoms with van der Waals surface area (Å²) in [6.07, 6.45) is -4.87. The highest BCUT2D eigenvalue weighted by atomic mass is 19.4. The highest BCUT2D eigenvalue weighted by molar-refractivity contribution is 5.68. The maximum absolute atomic E-state index is 12.7. The van der Waals surface area contributed by atoms with E-state index in [-0.39, 0.29) is 19.0 Å². The molecule has 4 nitrogen and oxygen atoms in total. The molecule has 7 heteroatoms. The molecule has 0 radical (unpaired) electrons. The van der Waals surface area contributed by atoms with Gasteiger partial charge in [0.05, 0.1) is 12.6 Å². The molecule has 0 aliphatic carbocycles. The maximum atomic E-state index is 12.7. The Balaban J connectivity index is 2.11. The lowest BCUT2D eigenvalue weighted by Crippen LogP contribution is -2.43. The second-order valence-corrected chi connectivity index (χ2v) is 7.08. The number of carbonyl (C=O) groups is 1. The smallest absolute Gasteiger partial charge is 0.407 e. The molecule has 1 N–H and O–H groups in total. The lowest BCUT2D eigenvalue weighted by Gasteiger charge is -2.24. The van der Waals surface area contributed by atoms with E-state index in [0.717, 1.165) is 5.56 Å². The van der Waals surface area contributed by atoms with Crippen molar-refractivity contribution in [3.63, 3.8) is 0 Å². The molecule has 1 aromatic rings. The van der Waals surface area contributed by atoms with Crippen LogP contribution in [0.4, 0.5) is 18.0 Å². The summed E-state index contributed by atoms with van der Waals surface area (Å²) in [6.45, 7) is 4.62. The highest BCUT2D eigenvalue weighted by Crippen LogP contribution is 2.30. The van der Waals surface area contributed by atoms with Gasteiger partial charge in [-0.05, 0) is 26.3 Å². The first-order valence-corrected chi connectivity index (χ1v) is 7.87. The number of nitrogens with one attached hydrogen (secondary N) is 1. The number of rotatable bonds is 3. The summed E-state index contributed by atoms with van der Waals surface area (Å²) in [6, 6.07) is 8.84. The number of hydrogen-bond donors (Lipinski definition) is 1. The van der Waals surface area contributed by atoms with Crippen molar-refractivity contribution >= 4 is 6.09 Å². The molecule has 0 bridgehead atoms. The van der Waals surface area contributed by atoms with E-state index in [1.54, 1.807) is 20.8 Å². The molecule has 1 aromatic carbocycles. The Morgan fingerprint density at radius 2 is 1.83 bits per heavy atom. The van der Waals surface area contributed by atoms with Gasteiger partial charge in [-0.2, -0.15) is 13.2 Å². The van der Waals surface area contributed by atoms with Gasteiger partial charge in [-0.1, -0.05) is 30.3 Å². The van der Waals surface area contributed by atoms with Crippen molar-refractivity contribution in [3.8, 4) is 0 Å². The van der Waals surface area contributed by atoms with Gasteiger partial charge in [0, 0.05) is 19.0 Å². The second-order valence-electron chi connectivity index (χ2n) is 7.08. The van der Waals surface area contributed by atoms with Crippen molar-refractivity contribution < 1.29 is 22.7 Å². The number of halogens is 3. The minimum absolute atomic E-state index is 0.137. The number of ether oxygens (including phenoxy) is 1. The van der Waals surface area contributed by atoms with Crippen molar-refractivity contribution in [2.75, 3.05) is 19.6 Å². The molecule has 1 fully saturated rings. The van der Waals surface area contributed by atoms with Crippen LogP contribution in [0.1, 0.15) is 32.3 Å². The van der Waals surface area contributed by atoms with E-state index in [2.05, 4.69) is 5.32 Å². The predicted molar refractivity (Wildman–Crippen MR) is 84.8 cm³/mol. The molecule has 1 amide bonds. The van der Waals surface area contributed by atoms with Crippen LogP contribution in [0, 0.1) is 0 Å². The number of benzene rings is 1. The first kappa shape index (κ1) is 18.6. The van der Waals surface area contributed by atoms with Gasteiger partial charge in [-0.25, -0.2) is 4.79 Å². The topological polar surface area (TPSA) is 41.6 Å². The summed E-state index contributed by atoms with van der Waals surface area (Å²) in [7, 11) is 0. The van der Waals surface area contributed by atoms with Crippen molar-refractivity contribution in [3.05, 3.63) is 35.9 Å². The van der Waals surface area contributed by atoms with E-state index in [1.807, 2.05) is 30.3 Å². The largest absolute Gasteiger partial charge is 0.444 e. The second kappa shape index (κ2) is 7.01. The van der Waals surface area contributed by atoms with E-state index in [0.29, 0.717) is 0 Å². The molecule has 134 valence electrons. The first-order valence-electron chi connectivity index (χ1n) is 7.87. The molecule has 1 aliphatic rings. The SMILES string of the molecule is CC(C)(C)OC(=O)N[C@@H]1CN(CC(F)(F)F)C[C@H]1c1ccccc1. The van der Waals surface area contributed by atoms with Gasteiger partial charge in [0.2, 0.25) is 0 Å². The Bertz CT molecular complexity index is 555. The van der Waals surface area contributed by atoms with Gasteiger partial charge in [-0.3, -0.25) is 4.90 Å². The minimum Gasteiger partial charge on any atom is -0.444 e. The van der Waals surface area contributed by atoms with Gasteiger partial charge >= 0.3 is 12.3 Å². The van der Waals surface area contributed by atoms with E-state index < -0.39 is 30.5 Å². The molecular formula is C17H23F3N2O2. The van der Waals surface area contributed by atoms with E-state index in [1.165, 1.54) is 4.90 Å². The average molecular weight is 344 g/mol. The fourth-order valence-electron chi connectivity index (χ4n) is 2.91. The number of alkyl carbamates (subject to hydrolysis) is 1. The van der Waals surface area contributed by atoms with Crippen molar-refractivity contribution in [1.82, 2.24) is 10.2 Å². The number of alkyl halides is 3. The molecule has 1 saturated heterocycles. The fraction of sp³-hybridized carbons (Fsp3) is 0.588. The van der Waals surface area contributed by atoms with E-state index in [9.17, 15) is 18.0 Å². The predicted octanol–water partition coefficient (Wildman–Crippen LogP) is 3.54. The molecular weight excluding hydrogens is 321 g/mol. The van der Waals surface area contributed by atoms with Crippen LogP contribution in [0.5, 0.6) is 0 Å². The van der Waals surface area contributed by atoms with Crippen molar-refractivity contribution in [2.24, 2.45) is 0 Å². The zero-order chi connectivity index (χ0) is 18.0. The number of nitrogens with zero attached hydrogens (tertiary/aromatic N) is 1. The summed E-state index contributed by atoms with van der Waals surface area (Å²) in [4.78, 5) is 13.3. The zero-order valence-corrected chi connectivity index (χ0v) is 14.1. The number of likely N-dealkylation sites (tertiary alicyclic amines) is 1. The molecule has 1 aliphatic heterocycles. The molecule has 2 rings (SSSR count). The summed E-state index contributed by atoms with van der Waals surface area (Å²) < 4.78 is 43.3. The Morgan fingerprint density at radius 1 is 1.21 bits per heavy atom. The van der Waals surface area contributed by atoms with Crippen LogP contribution in [0.3, 0.4) is 0 Å². The molecule has 0 saturated carbocycles. The van der Waals surface area contributed by atoms with Gasteiger partial charge in [0.25, 0.3) is 0 Å². The number of carbonyl (C=O) groups excluding carboxylic acids is 1. The Labute approximate surface area is 140 Å². The standard InChI is InChI=1S/C17H23F3N2O2/c1-16(2,3)24-15(23)21-14-10-22(11-17(18,19)20)9-13(14)12-7-5-4-6-8-12/h4-8,13-14H,9-11H2,1-3H3,(H,21,23)/t13-,14+/m0/s1. The van der Waals surface area contributed by atoms with Crippen LogP contribution in [-0.4, -0.2) is 48.4 Å². The summed E-state index contributed by atoms with van der Waals surface area (Å²) in [5, 5.41) is 2.73. The fourth-order valence-corrected chi connectivity index (χ4v) is 2.91. The Kier molecular flexibility index (Phi) is 5.42. The average Bonchev–Trinajstić information content (AvgIpc) is 2.77. The molecule has 0 aromatic heterocycles. The molecule has 0 unspecified atom stereocenters. The van der Waals surface area contributed by atoms with Crippen LogP contribution in [0.15, 0.2) is 30.3 Å². The first-order chi connectivity index (χ1) is 11.0. The van der Waals surface area contributed by atoms with Crippen LogP contribution in [-0.2, 0) is 4.74 Å². The van der Waals surface area contributed by atoms with Crippen LogP contribution in [0.2, 0.25) is 0 Å². The quantitative estimate of drug-likeness (QED) is 0.912. The Morgan fingerprint density at radius 3 is 2.38 bits per heavy atom. The number of hydrogen-bond acceptors (Lipinski definition) is 3. The summed E-state index contributed by atoms with van der Waals surface area (Å²) >= 11 is 0. The summed E-state index contributed by atoms with van der Waals surface area (Å²) in [5.74, 6) is -0.207. The lowest BCUT2D eigenvalue weighted by atomic mass is 9.94. The third-order valence-electron chi connectivity index (χ3n) is 3.73. The summed E-state index contributed by atoms with van der Waals surface area (Å²) in [5.41, 5.74) is 0.250. The van der Waals surface area contributed by atoms with E-state index >= 15 is 0 Å². The van der Waals surface area contributed by atoms with Crippen LogP contribution < -0.4 is 5.32 Å². The zero-order valence-electron chi connectivity index (χ0n) is 14.1. The highest BCUT2D eigenvalue weighted by Gasteiger charge is 2.40. The van der Waals surface area contributed by atoms with Crippen LogP contribution in [0.25, 0.3) is 0 Å². The normalized spacial score (nSPS) is 22.4. The lowest BCUT2D eigenvalue weighted by molar-refractivity contribution is -0.143. The third-order valence-corrected chi connectivity index (χ3v) is 3.73. The van der Waals surface area contributed by atoms with Gasteiger partial charge < -0.3 is 10.1 Å². The van der Waals surface area contributed by atoms with Gasteiger partial charge in [-0.15, -0.1) is 0 Å². The molecule has 1 heterocycles. The van der Waals surface area contributed by atoms with Gasteiger partial charge in [0.15, 0.2) is 0 Å². The third kappa shape index (κ3) is 5.70. The van der Waals surface area contributed by atoms with Crippen molar-refractivity contribution in [1.29, 1.82) is 0 Å². The minimum atomic E-state index is -4.26. The molecule has 24 heavy (non-hydrogen) atoms. The number of amides is 1. The van der Waals surface area contributed by atoms with Gasteiger partial charge in [0.1, 0.15) is 5.60 Å². The van der Waals surface area contributed by atoms with Crippen LogP contribution >= 0.6 is 0 Å². The maximum Gasteiger partial charge on any atom is 0.407 e. The monoisotopic (exact) mass is 344 g/mol. The van der Waals surface area contributed by atoms with Crippen molar-refractivity contribution in [2.45, 2.75) is 44.5 Å². The molecule has 2 atom stereocenters. The Hall–Kier alpha value is -1.76. The van der Waals surface area contributed by atoms with E-state index in [4.69, 9.17) is 4.74 Å².